The van der Waals surface area contributed by atoms with Crippen LogP contribution in [0, 0.1) is 6.92 Å². The van der Waals surface area contributed by atoms with Gasteiger partial charge in [-0.3, -0.25) is 9.48 Å². The Labute approximate surface area is 58.6 Å². The van der Waals surface area contributed by atoms with E-state index < -0.39 is 0 Å². The first-order valence-electron chi connectivity index (χ1n) is 2.91. The molecule has 0 fully saturated rings. The summed E-state index contributed by atoms with van der Waals surface area (Å²) in [6, 6.07) is 0. The normalized spacial score (nSPS) is 9.80. The van der Waals surface area contributed by atoms with Crippen LogP contribution in [0.4, 0.5) is 5.82 Å². The molecule has 0 bridgehead atoms. The Morgan fingerprint density at radius 2 is 2.30 bits per heavy atom. The van der Waals surface area contributed by atoms with Crippen LogP contribution < -0.4 is 5.73 Å². The largest absolute Gasteiger partial charge is 0.383 e. The van der Waals surface area contributed by atoms with Gasteiger partial charge in [-0.15, -0.1) is 0 Å². The zero-order valence-corrected chi connectivity index (χ0v) is 5.96. The highest BCUT2D eigenvalue weighted by Crippen LogP contribution is 2.10. The molecule has 1 rings (SSSR count). The number of carbonyl (C=O) groups excluding carboxylic acids is 1. The predicted octanol–water partition coefficient (Wildman–Crippen LogP) is 0.123. The Morgan fingerprint density at radius 3 is 2.50 bits per heavy atom. The Balaban J connectivity index is 3.33. The number of aryl methyl sites for hydroxylation is 2. The first-order chi connectivity index (χ1) is 4.66. The van der Waals surface area contributed by atoms with Gasteiger partial charge in [0.25, 0.3) is 0 Å². The third-order valence-corrected chi connectivity index (χ3v) is 1.43. The van der Waals surface area contributed by atoms with Gasteiger partial charge in [-0.05, 0) is 6.92 Å². The van der Waals surface area contributed by atoms with E-state index in [1.54, 1.807) is 14.0 Å². The molecule has 0 saturated carbocycles. The number of aldehydes is 1. The number of aromatic nitrogens is 2. The standard InChI is InChI=1S/C6H9N3O/c1-4-5(3-10)6(7)9(2)8-4/h3H,7H2,1-2H3. The minimum absolute atomic E-state index is 0.424. The van der Waals surface area contributed by atoms with Crippen LogP contribution in [-0.2, 0) is 7.05 Å². The molecule has 4 nitrogen and oxygen atoms in total. The van der Waals surface area contributed by atoms with E-state index in [4.69, 9.17) is 5.73 Å². The van der Waals surface area contributed by atoms with E-state index in [1.165, 1.54) is 4.68 Å². The van der Waals surface area contributed by atoms with E-state index in [9.17, 15) is 4.79 Å². The van der Waals surface area contributed by atoms with Crippen LogP contribution in [0.1, 0.15) is 16.1 Å². The van der Waals surface area contributed by atoms with E-state index in [2.05, 4.69) is 5.10 Å². The molecule has 0 aromatic carbocycles. The molecular weight excluding hydrogens is 130 g/mol. The second-order valence-corrected chi connectivity index (χ2v) is 2.13. The average molecular weight is 139 g/mol. The SMILES string of the molecule is Cc1nn(C)c(N)c1C=O. The maximum Gasteiger partial charge on any atom is 0.155 e. The van der Waals surface area contributed by atoms with Crippen molar-refractivity contribution >= 4 is 12.1 Å². The van der Waals surface area contributed by atoms with Gasteiger partial charge in [0.1, 0.15) is 5.82 Å². The number of carbonyl (C=O) groups is 1. The molecule has 1 aromatic rings. The van der Waals surface area contributed by atoms with Crippen LogP contribution in [-0.4, -0.2) is 16.1 Å². The van der Waals surface area contributed by atoms with Gasteiger partial charge >= 0.3 is 0 Å². The van der Waals surface area contributed by atoms with Crippen LogP contribution in [0.25, 0.3) is 0 Å². The second-order valence-electron chi connectivity index (χ2n) is 2.13. The van der Waals surface area contributed by atoms with Crippen molar-refractivity contribution in [3.05, 3.63) is 11.3 Å². The molecule has 0 spiro atoms. The summed E-state index contributed by atoms with van der Waals surface area (Å²) in [6.45, 7) is 1.75. The summed E-state index contributed by atoms with van der Waals surface area (Å²) in [5.41, 5.74) is 6.65. The maximum absolute atomic E-state index is 10.3. The first-order valence-corrected chi connectivity index (χ1v) is 2.91. The molecule has 2 N–H and O–H groups in total. The van der Waals surface area contributed by atoms with E-state index in [0.717, 1.165) is 6.29 Å². The van der Waals surface area contributed by atoms with Crippen molar-refractivity contribution in [2.24, 2.45) is 7.05 Å². The molecule has 0 radical (unpaired) electrons. The molecule has 0 amide bonds. The molecule has 1 aromatic heterocycles. The molecule has 0 aliphatic rings. The van der Waals surface area contributed by atoms with Gasteiger partial charge in [0.15, 0.2) is 6.29 Å². The van der Waals surface area contributed by atoms with Gasteiger partial charge in [0, 0.05) is 7.05 Å². The van der Waals surface area contributed by atoms with Gasteiger partial charge in [-0.25, -0.2) is 0 Å². The Bertz CT molecular complexity index is 264. The fourth-order valence-corrected chi connectivity index (χ4v) is 0.838. The summed E-state index contributed by atoms with van der Waals surface area (Å²) in [7, 11) is 1.70. The number of anilines is 1. The van der Waals surface area contributed by atoms with Crippen molar-refractivity contribution in [2.75, 3.05) is 5.73 Å². The van der Waals surface area contributed by atoms with Crippen LogP contribution in [0.5, 0.6) is 0 Å². The van der Waals surface area contributed by atoms with Crippen molar-refractivity contribution in [3.8, 4) is 0 Å². The number of nitrogen functional groups attached to an aromatic ring is 1. The molecule has 54 valence electrons. The van der Waals surface area contributed by atoms with E-state index in [-0.39, 0.29) is 0 Å². The average Bonchev–Trinajstić information content (AvgIpc) is 2.09. The van der Waals surface area contributed by atoms with Crippen molar-refractivity contribution < 1.29 is 4.79 Å². The third-order valence-electron chi connectivity index (χ3n) is 1.43. The number of hydrogen-bond acceptors (Lipinski definition) is 3. The van der Waals surface area contributed by atoms with E-state index >= 15 is 0 Å². The van der Waals surface area contributed by atoms with Crippen molar-refractivity contribution in [1.29, 1.82) is 0 Å². The van der Waals surface area contributed by atoms with Gasteiger partial charge in [-0.2, -0.15) is 5.10 Å². The predicted molar refractivity (Wildman–Crippen MR) is 37.7 cm³/mol. The molecule has 0 aliphatic heterocycles. The fourth-order valence-electron chi connectivity index (χ4n) is 0.838. The minimum Gasteiger partial charge on any atom is -0.383 e. The Hall–Kier alpha value is -1.32. The summed E-state index contributed by atoms with van der Waals surface area (Å²) in [5, 5.41) is 3.94. The maximum atomic E-state index is 10.3. The smallest absolute Gasteiger partial charge is 0.155 e. The molecule has 0 aliphatic carbocycles. The second kappa shape index (κ2) is 2.13. The highest BCUT2D eigenvalue weighted by Gasteiger charge is 2.07. The Kier molecular flexibility index (Phi) is 1.45. The summed E-state index contributed by atoms with van der Waals surface area (Å²) < 4.78 is 1.49. The van der Waals surface area contributed by atoms with Crippen LogP contribution in [0.3, 0.4) is 0 Å². The van der Waals surface area contributed by atoms with Gasteiger partial charge in [0.05, 0.1) is 11.3 Å². The lowest BCUT2D eigenvalue weighted by Crippen LogP contribution is -1.98. The van der Waals surface area contributed by atoms with Crippen molar-refractivity contribution in [3.63, 3.8) is 0 Å². The monoisotopic (exact) mass is 139 g/mol. The van der Waals surface area contributed by atoms with Gasteiger partial charge < -0.3 is 5.73 Å². The third kappa shape index (κ3) is 0.775. The summed E-state index contributed by atoms with van der Waals surface area (Å²) >= 11 is 0. The summed E-state index contributed by atoms with van der Waals surface area (Å²) in [4.78, 5) is 10.3. The Morgan fingerprint density at radius 1 is 1.70 bits per heavy atom. The van der Waals surface area contributed by atoms with Gasteiger partial charge in [0.2, 0.25) is 0 Å². The summed E-state index contributed by atoms with van der Waals surface area (Å²) in [6.07, 6.45) is 0.720. The molecule has 4 heteroatoms. The number of rotatable bonds is 1. The lowest BCUT2D eigenvalue weighted by molar-refractivity contribution is 0.112. The van der Waals surface area contributed by atoms with Crippen LogP contribution in [0.2, 0.25) is 0 Å². The van der Waals surface area contributed by atoms with Crippen LogP contribution >= 0.6 is 0 Å². The minimum atomic E-state index is 0.424. The van der Waals surface area contributed by atoms with Crippen molar-refractivity contribution in [1.82, 2.24) is 9.78 Å². The lowest BCUT2D eigenvalue weighted by Gasteiger charge is -1.90. The fraction of sp³-hybridized carbons (Fsp3) is 0.333. The molecule has 0 unspecified atom stereocenters. The van der Waals surface area contributed by atoms with E-state index in [0.29, 0.717) is 17.1 Å². The molecule has 0 saturated heterocycles. The quantitative estimate of drug-likeness (QED) is 0.562. The van der Waals surface area contributed by atoms with Gasteiger partial charge in [-0.1, -0.05) is 0 Å². The van der Waals surface area contributed by atoms with E-state index in [1.807, 2.05) is 0 Å². The topological polar surface area (TPSA) is 60.9 Å². The zero-order valence-electron chi connectivity index (χ0n) is 5.96. The summed E-state index contributed by atoms with van der Waals surface area (Å²) in [5.74, 6) is 0.424. The number of nitrogens with zero attached hydrogens (tertiary/aromatic N) is 2. The lowest BCUT2D eigenvalue weighted by atomic mass is 10.3. The highest BCUT2D eigenvalue weighted by molar-refractivity contribution is 5.83. The molecule has 1 heterocycles. The molecule has 10 heavy (non-hydrogen) atoms. The van der Waals surface area contributed by atoms with Crippen LogP contribution in [0.15, 0.2) is 0 Å². The highest BCUT2D eigenvalue weighted by atomic mass is 16.1. The number of hydrogen-bond donors (Lipinski definition) is 1. The molecular formula is C6H9N3O. The first kappa shape index (κ1) is 6.80. The van der Waals surface area contributed by atoms with Crippen molar-refractivity contribution in [2.45, 2.75) is 6.92 Å². The zero-order chi connectivity index (χ0) is 7.72. The molecule has 0 atom stereocenters. The number of nitrogens with two attached hydrogens (primary N) is 1.